The van der Waals surface area contributed by atoms with Crippen LogP contribution in [0.3, 0.4) is 0 Å². The van der Waals surface area contributed by atoms with Crippen LogP contribution in [0.2, 0.25) is 0 Å². The van der Waals surface area contributed by atoms with E-state index in [-0.39, 0.29) is 5.91 Å². The SMILES string of the molecule is O=C(O)C1CSCN1C(=O)c1cc(Br)sc1Br. The quantitative estimate of drug-likeness (QED) is 0.829. The van der Waals surface area contributed by atoms with E-state index in [1.807, 2.05) is 0 Å². The first kappa shape index (κ1) is 13.4. The molecule has 17 heavy (non-hydrogen) atoms. The van der Waals surface area contributed by atoms with Crippen LogP contribution in [-0.4, -0.2) is 39.6 Å². The Morgan fingerprint density at radius 2 is 2.18 bits per heavy atom. The Labute approximate surface area is 123 Å². The third kappa shape index (κ3) is 2.69. The van der Waals surface area contributed by atoms with Crippen molar-refractivity contribution in [2.75, 3.05) is 11.6 Å². The van der Waals surface area contributed by atoms with Crippen LogP contribution in [0, 0.1) is 0 Å². The number of thioether (sulfide) groups is 1. The Balaban J connectivity index is 2.25. The Morgan fingerprint density at radius 1 is 1.47 bits per heavy atom. The molecule has 0 aliphatic carbocycles. The predicted octanol–water partition coefficient (Wildman–Crippen LogP) is 2.87. The van der Waals surface area contributed by atoms with Crippen LogP contribution in [0.4, 0.5) is 0 Å². The van der Waals surface area contributed by atoms with E-state index in [1.54, 1.807) is 6.07 Å². The highest BCUT2D eigenvalue weighted by Crippen LogP contribution is 2.34. The normalized spacial score (nSPS) is 19.6. The topological polar surface area (TPSA) is 57.6 Å². The van der Waals surface area contributed by atoms with Crippen LogP contribution in [0.25, 0.3) is 0 Å². The summed E-state index contributed by atoms with van der Waals surface area (Å²) < 4.78 is 1.56. The number of carbonyl (C=O) groups is 2. The van der Waals surface area contributed by atoms with Crippen molar-refractivity contribution in [2.24, 2.45) is 0 Å². The number of aliphatic carboxylic acids is 1. The zero-order chi connectivity index (χ0) is 12.6. The van der Waals surface area contributed by atoms with Gasteiger partial charge < -0.3 is 10.0 Å². The van der Waals surface area contributed by atoms with Crippen molar-refractivity contribution in [1.82, 2.24) is 4.90 Å². The van der Waals surface area contributed by atoms with Crippen LogP contribution in [-0.2, 0) is 4.79 Å². The minimum absolute atomic E-state index is 0.240. The van der Waals surface area contributed by atoms with Gasteiger partial charge in [0.15, 0.2) is 0 Å². The van der Waals surface area contributed by atoms with Crippen molar-refractivity contribution >= 4 is 66.8 Å². The third-order valence-corrected chi connectivity index (χ3v) is 5.67. The lowest BCUT2D eigenvalue weighted by atomic mass is 10.2. The molecule has 4 nitrogen and oxygen atoms in total. The first-order chi connectivity index (χ1) is 8.00. The van der Waals surface area contributed by atoms with E-state index in [1.165, 1.54) is 28.0 Å². The van der Waals surface area contributed by atoms with Crippen LogP contribution < -0.4 is 0 Å². The lowest BCUT2D eigenvalue weighted by molar-refractivity contribution is -0.140. The summed E-state index contributed by atoms with van der Waals surface area (Å²) in [6.45, 7) is 0. The molecule has 1 atom stereocenters. The summed E-state index contributed by atoms with van der Waals surface area (Å²) in [6, 6.07) is 0.983. The second-order valence-corrected chi connectivity index (χ2v) is 8.12. The Bertz CT molecular complexity index is 477. The molecule has 92 valence electrons. The number of rotatable bonds is 2. The van der Waals surface area contributed by atoms with Gasteiger partial charge in [-0.2, -0.15) is 0 Å². The molecule has 1 amide bonds. The number of carbonyl (C=O) groups excluding carboxylic acids is 1. The molecule has 1 fully saturated rings. The summed E-state index contributed by atoms with van der Waals surface area (Å²) in [5, 5.41) is 9.03. The van der Waals surface area contributed by atoms with Gasteiger partial charge in [-0.1, -0.05) is 0 Å². The fourth-order valence-electron chi connectivity index (χ4n) is 1.49. The molecule has 1 aliphatic heterocycles. The number of amides is 1. The number of hydrogen-bond acceptors (Lipinski definition) is 4. The zero-order valence-electron chi connectivity index (χ0n) is 8.35. The average molecular weight is 401 g/mol. The highest BCUT2D eigenvalue weighted by molar-refractivity contribution is 9.12. The van der Waals surface area contributed by atoms with Crippen molar-refractivity contribution in [2.45, 2.75) is 6.04 Å². The molecule has 1 aromatic rings. The molecule has 0 bridgehead atoms. The summed E-state index contributed by atoms with van der Waals surface area (Å²) in [5.74, 6) is -0.315. The van der Waals surface area contributed by atoms with Gasteiger partial charge in [0, 0.05) is 5.75 Å². The number of carboxylic acid groups (broad SMARTS) is 1. The zero-order valence-corrected chi connectivity index (χ0v) is 13.2. The summed E-state index contributed by atoms with van der Waals surface area (Å²) >= 11 is 9.46. The van der Waals surface area contributed by atoms with Crippen molar-refractivity contribution in [3.8, 4) is 0 Å². The Morgan fingerprint density at radius 3 is 2.71 bits per heavy atom. The molecule has 0 spiro atoms. The van der Waals surface area contributed by atoms with Gasteiger partial charge in [0.2, 0.25) is 0 Å². The van der Waals surface area contributed by atoms with E-state index in [0.29, 0.717) is 17.2 Å². The Kier molecular flexibility index (Phi) is 4.17. The minimum Gasteiger partial charge on any atom is -0.480 e. The van der Waals surface area contributed by atoms with E-state index in [9.17, 15) is 9.59 Å². The van der Waals surface area contributed by atoms with Crippen LogP contribution in [0.5, 0.6) is 0 Å². The third-order valence-electron chi connectivity index (χ3n) is 2.32. The van der Waals surface area contributed by atoms with Gasteiger partial charge in [0.1, 0.15) is 6.04 Å². The van der Waals surface area contributed by atoms with E-state index in [2.05, 4.69) is 31.9 Å². The number of hydrogen-bond donors (Lipinski definition) is 1. The van der Waals surface area contributed by atoms with Crippen LogP contribution in [0.15, 0.2) is 13.6 Å². The molecule has 2 heterocycles. The molecule has 1 aliphatic rings. The first-order valence-electron chi connectivity index (χ1n) is 4.57. The van der Waals surface area contributed by atoms with Gasteiger partial charge in [-0.25, -0.2) is 4.79 Å². The summed E-state index contributed by atoms with van der Waals surface area (Å²) in [4.78, 5) is 24.6. The fourth-order valence-corrected chi connectivity index (χ4v) is 5.41. The van der Waals surface area contributed by atoms with Gasteiger partial charge in [0.25, 0.3) is 5.91 Å². The molecule has 1 aromatic heterocycles. The Hall–Kier alpha value is -0.0500. The monoisotopic (exact) mass is 399 g/mol. The molecular formula is C9H7Br2NO3S2. The van der Waals surface area contributed by atoms with Crippen molar-refractivity contribution in [1.29, 1.82) is 0 Å². The summed E-state index contributed by atoms with van der Waals surface area (Å²) in [7, 11) is 0. The highest BCUT2D eigenvalue weighted by Gasteiger charge is 2.36. The van der Waals surface area contributed by atoms with Gasteiger partial charge in [-0.15, -0.1) is 23.1 Å². The summed E-state index contributed by atoms with van der Waals surface area (Å²) in [6.07, 6.45) is 0. The van der Waals surface area contributed by atoms with E-state index >= 15 is 0 Å². The van der Waals surface area contributed by atoms with Gasteiger partial charge in [0.05, 0.1) is 19.0 Å². The van der Waals surface area contributed by atoms with E-state index in [4.69, 9.17) is 5.11 Å². The predicted molar refractivity (Wildman–Crippen MR) is 74.6 cm³/mol. The van der Waals surface area contributed by atoms with Crippen molar-refractivity contribution < 1.29 is 14.7 Å². The average Bonchev–Trinajstić information content (AvgIpc) is 2.83. The first-order valence-corrected chi connectivity index (χ1v) is 8.12. The number of thiophene rings is 1. The van der Waals surface area contributed by atoms with Gasteiger partial charge in [-0.05, 0) is 37.9 Å². The molecule has 1 unspecified atom stereocenters. The molecular weight excluding hydrogens is 394 g/mol. The fraction of sp³-hybridized carbons (Fsp3) is 0.333. The molecule has 0 saturated carbocycles. The van der Waals surface area contributed by atoms with E-state index in [0.717, 1.165) is 7.57 Å². The summed E-state index contributed by atoms with van der Waals surface area (Å²) in [5.41, 5.74) is 0.510. The molecule has 8 heteroatoms. The van der Waals surface area contributed by atoms with E-state index < -0.39 is 12.0 Å². The van der Waals surface area contributed by atoms with Crippen LogP contribution >= 0.6 is 55.0 Å². The number of carboxylic acids is 1. The second kappa shape index (κ2) is 5.29. The minimum atomic E-state index is -0.950. The molecule has 1 saturated heterocycles. The number of halogens is 2. The van der Waals surface area contributed by atoms with Crippen LogP contribution in [0.1, 0.15) is 10.4 Å². The molecule has 0 aromatic carbocycles. The van der Waals surface area contributed by atoms with Gasteiger partial charge in [-0.3, -0.25) is 4.79 Å². The molecule has 2 rings (SSSR count). The maximum absolute atomic E-state index is 12.2. The second-order valence-electron chi connectivity index (χ2n) is 3.37. The maximum atomic E-state index is 12.2. The maximum Gasteiger partial charge on any atom is 0.327 e. The lowest BCUT2D eigenvalue weighted by Gasteiger charge is -2.19. The molecule has 0 radical (unpaired) electrons. The smallest absolute Gasteiger partial charge is 0.327 e. The van der Waals surface area contributed by atoms with Crippen molar-refractivity contribution in [3.63, 3.8) is 0 Å². The highest BCUT2D eigenvalue weighted by atomic mass is 79.9. The largest absolute Gasteiger partial charge is 0.480 e. The number of nitrogens with zero attached hydrogens (tertiary/aromatic N) is 1. The lowest BCUT2D eigenvalue weighted by Crippen LogP contribution is -2.41. The molecule has 1 N–H and O–H groups in total. The standard InChI is InChI=1S/C9H7Br2NO3S2/c10-6-1-4(7(11)17-6)8(13)12-3-16-2-5(12)9(14)15/h1,5H,2-3H2,(H,14,15). The van der Waals surface area contributed by atoms with Crippen molar-refractivity contribution in [3.05, 3.63) is 19.2 Å². The van der Waals surface area contributed by atoms with Gasteiger partial charge >= 0.3 is 5.97 Å².